The molecule has 0 fully saturated rings. The van der Waals surface area contributed by atoms with Gasteiger partial charge in [-0.25, -0.2) is 0 Å². The van der Waals surface area contributed by atoms with Crippen molar-refractivity contribution in [3.05, 3.63) is 52.5 Å². The summed E-state index contributed by atoms with van der Waals surface area (Å²) in [6.45, 7) is 7.81. The number of benzene rings is 2. The van der Waals surface area contributed by atoms with Gasteiger partial charge >= 0.3 is 0 Å². The molecule has 0 radical (unpaired) electrons. The number of methoxy groups -OCH3 is 1. The molecule has 0 saturated carbocycles. The zero-order chi connectivity index (χ0) is 18.2. The Kier molecular flexibility index (Phi) is 7.41. The highest BCUT2D eigenvalue weighted by Crippen LogP contribution is 2.37. The first-order valence-electron chi connectivity index (χ1n) is 8.49. The van der Waals surface area contributed by atoms with Gasteiger partial charge in [0.1, 0.15) is 5.75 Å². The maximum atomic E-state index is 6.41. The highest BCUT2D eigenvalue weighted by molar-refractivity contribution is 6.32. The first-order chi connectivity index (χ1) is 12.0. The number of halogens is 1. The Balaban J connectivity index is 2.09. The number of nitrogens with one attached hydrogen (secondary N) is 1. The maximum Gasteiger partial charge on any atom is 0.180 e. The summed E-state index contributed by atoms with van der Waals surface area (Å²) in [5, 5.41) is 3.98. The molecule has 136 valence electrons. The molecule has 0 aliphatic heterocycles. The summed E-state index contributed by atoms with van der Waals surface area (Å²) in [6.07, 6.45) is 0.0335. The van der Waals surface area contributed by atoms with Crippen molar-refractivity contribution < 1.29 is 14.2 Å². The highest BCUT2D eigenvalue weighted by atomic mass is 35.5. The summed E-state index contributed by atoms with van der Waals surface area (Å²) in [5.74, 6) is 2.16. The number of ether oxygens (including phenoxy) is 3. The Morgan fingerprint density at radius 1 is 1.08 bits per heavy atom. The molecular formula is C20H26ClNO3. The van der Waals surface area contributed by atoms with E-state index < -0.39 is 0 Å². The van der Waals surface area contributed by atoms with Crippen LogP contribution in [0.25, 0.3) is 0 Å². The lowest BCUT2D eigenvalue weighted by atomic mass is 10.1. The summed E-state index contributed by atoms with van der Waals surface area (Å²) >= 11 is 6.41. The summed E-state index contributed by atoms with van der Waals surface area (Å²) in [7, 11) is 1.68. The minimum Gasteiger partial charge on any atom is -0.496 e. The molecule has 0 unspecified atom stereocenters. The Morgan fingerprint density at radius 3 is 2.52 bits per heavy atom. The van der Waals surface area contributed by atoms with Gasteiger partial charge in [0.05, 0.1) is 24.8 Å². The molecule has 0 aromatic heterocycles. The minimum absolute atomic E-state index is 0.0335. The Labute approximate surface area is 155 Å². The van der Waals surface area contributed by atoms with Crippen molar-refractivity contribution >= 4 is 11.6 Å². The van der Waals surface area contributed by atoms with Gasteiger partial charge in [0, 0.05) is 18.7 Å². The normalized spacial score (nSPS) is 10.8. The van der Waals surface area contributed by atoms with Crippen LogP contribution in [0.3, 0.4) is 0 Å². The van der Waals surface area contributed by atoms with Gasteiger partial charge in [-0.15, -0.1) is 0 Å². The lowest BCUT2D eigenvalue weighted by molar-refractivity contribution is 0.224. The average Bonchev–Trinajstić information content (AvgIpc) is 2.58. The van der Waals surface area contributed by atoms with E-state index in [2.05, 4.69) is 5.32 Å². The van der Waals surface area contributed by atoms with E-state index in [1.807, 2.05) is 57.2 Å². The van der Waals surface area contributed by atoms with Gasteiger partial charge < -0.3 is 19.5 Å². The van der Waals surface area contributed by atoms with Crippen molar-refractivity contribution in [2.24, 2.45) is 0 Å². The minimum atomic E-state index is 0.0335. The van der Waals surface area contributed by atoms with Crippen molar-refractivity contribution in [1.29, 1.82) is 0 Å². The third-order valence-corrected chi connectivity index (χ3v) is 3.84. The van der Waals surface area contributed by atoms with Crippen molar-refractivity contribution in [2.75, 3.05) is 13.7 Å². The zero-order valence-electron chi connectivity index (χ0n) is 15.3. The van der Waals surface area contributed by atoms with Gasteiger partial charge in [0.2, 0.25) is 0 Å². The van der Waals surface area contributed by atoms with E-state index in [1.165, 1.54) is 0 Å². The van der Waals surface area contributed by atoms with Crippen LogP contribution in [0, 0.1) is 0 Å². The number of rotatable bonds is 9. The molecule has 25 heavy (non-hydrogen) atoms. The second kappa shape index (κ2) is 9.54. The molecule has 0 spiro atoms. The van der Waals surface area contributed by atoms with Gasteiger partial charge in [0.15, 0.2) is 11.5 Å². The van der Waals surface area contributed by atoms with Gasteiger partial charge in [-0.05, 0) is 44.5 Å². The third-order valence-electron chi connectivity index (χ3n) is 3.56. The predicted molar refractivity (Wildman–Crippen MR) is 102 cm³/mol. The fraction of sp³-hybridized carbons (Fsp3) is 0.400. The van der Waals surface area contributed by atoms with E-state index >= 15 is 0 Å². The van der Waals surface area contributed by atoms with Crippen LogP contribution in [-0.2, 0) is 13.1 Å². The van der Waals surface area contributed by atoms with E-state index in [4.69, 9.17) is 25.8 Å². The first kappa shape index (κ1) is 19.4. The van der Waals surface area contributed by atoms with Gasteiger partial charge in [-0.3, -0.25) is 0 Å². The quantitative estimate of drug-likeness (QED) is 0.693. The zero-order valence-corrected chi connectivity index (χ0v) is 16.0. The molecule has 0 bridgehead atoms. The van der Waals surface area contributed by atoms with Crippen LogP contribution in [0.1, 0.15) is 31.9 Å². The Morgan fingerprint density at radius 2 is 1.84 bits per heavy atom. The SMILES string of the molecule is CCOc1cc(CNCc2ccccc2OC)cc(Cl)c1OC(C)C. The molecule has 2 rings (SSSR count). The number of hydrogen-bond donors (Lipinski definition) is 1. The van der Waals surface area contributed by atoms with E-state index in [1.54, 1.807) is 7.11 Å². The fourth-order valence-electron chi connectivity index (χ4n) is 2.53. The van der Waals surface area contributed by atoms with E-state index in [9.17, 15) is 0 Å². The molecule has 2 aromatic rings. The summed E-state index contributed by atoms with van der Waals surface area (Å²) in [4.78, 5) is 0. The standard InChI is InChI=1S/C20H26ClNO3/c1-5-24-19-11-15(10-17(21)20(19)25-14(2)3)12-22-13-16-8-6-7-9-18(16)23-4/h6-11,14,22H,5,12-13H2,1-4H3. The van der Waals surface area contributed by atoms with E-state index in [-0.39, 0.29) is 6.10 Å². The molecule has 2 aromatic carbocycles. The molecule has 0 aliphatic carbocycles. The molecule has 1 N–H and O–H groups in total. The van der Waals surface area contributed by atoms with Crippen molar-refractivity contribution in [1.82, 2.24) is 5.32 Å². The molecule has 5 heteroatoms. The fourth-order valence-corrected chi connectivity index (χ4v) is 2.80. The van der Waals surface area contributed by atoms with Crippen LogP contribution in [0.4, 0.5) is 0 Å². The topological polar surface area (TPSA) is 39.7 Å². The van der Waals surface area contributed by atoms with Crippen LogP contribution in [0.2, 0.25) is 5.02 Å². The molecule has 0 saturated heterocycles. The molecular weight excluding hydrogens is 338 g/mol. The lowest BCUT2D eigenvalue weighted by Crippen LogP contribution is -2.14. The largest absolute Gasteiger partial charge is 0.496 e. The monoisotopic (exact) mass is 363 g/mol. The average molecular weight is 364 g/mol. The molecule has 4 nitrogen and oxygen atoms in total. The summed E-state index contributed by atoms with van der Waals surface area (Å²) < 4.78 is 16.9. The van der Waals surface area contributed by atoms with Crippen molar-refractivity contribution in [3.63, 3.8) is 0 Å². The highest BCUT2D eigenvalue weighted by Gasteiger charge is 2.14. The first-order valence-corrected chi connectivity index (χ1v) is 8.87. The summed E-state index contributed by atoms with van der Waals surface area (Å²) in [5.41, 5.74) is 2.15. The van der Waals surface area contributed by atoms with Crippen LogP contribution in [-0.4, -0.2) is 19.8 Å². The van der Waals surface area contributed by atoms with Crippen molar-refractivity contribution in [3.8, 4) is 17.2 Å². The maximum absolute atomic E-state index is 6.41. The summed E-state index contributed by atoms with van der Waals surface area (Å²) in [6, 6.07) is 11.9. The predicted octanol–water partition coefficient (Wildman–Crippen LogP) is 4.82. The number of para-hydroxylation sites is 1. The van der Waals surface area contributed by atoms with Gasteiger partial charge in [0.25, 0.3) is 0 Å². The Bertz CT molecular complexity index is 689. The molecule has 0 heterocycles. The van der Waals surface area contributed by atoms with Crippen LogP contribution >= 0.6 is 11.6 Å². The second-order valence-corrected chi connectivity index (χ2v) is 6.33. The van der Waals surface area contributed by atoms with Crippen LogP contribution < -0.4 is 19.5 Å². The van der Waals surface area contributed by atoms with E-state index in [0.29, 0.717) is 36.2 Å². The molecule has 0 aliphatic rings. The molecule has 0 amide bonds. The lowest BCUT2D eigenvalue weighted by Gasteiger charge is -2.17. The van der Waals surface area contributed by atoms with Gasteiger partial charge in [-0.2, -0.15) is 0 Å². The Hall–Kier alpha value is -1.91. The van der Waals surface area contributed by atoms with E-state index in [0.717, 1.165) is 16.9 Å². The third kappa shape index (κ3) is 5.55. The van der Waals surface area contributed by atoms with Crippen LogP contribution in [0.5, 0.6) is 17.2 Å². The number of hydrogen-bond acceptors (Lipinski definition) is 4. The van der Waals surface area contributed by atoms with Crippen molar-refractivity contribution in [2.45, 2.75) is 40.0 Å². The van der Waals surface area contributed by atoms with Gasteiger partial charge in [-0.1, -0.05) is 29.8 Å². The smallest absolute Gasteiger partial charge is 0.180 e. The second-order valence-electron chi connectivity index (χ2n) is 5.92. The van der Waals surface area contributed by atoms with Crippen LogP contribution in [0.15, 0.2) is 36.4 Å². The molecule has 0 atom stereocenters.